The lowest BCUT2D eigenvalue weighted by atomic mass is 10.1. The van der Waals surface area contributed by atoms with Gasteiger partial charge in [0.2, 0.25) is 0 Å². The first-order chi connectivity index (χ1) is 5.54. The van der Waals surface area contributed by atoms with Crippen molar-refractivity contribution in [3.05, 3.63) is 0 Å². The van der Waals surface area contributed by atoms with Gasteiger partial charge in [-0.1, -0.05) is 13.8 Å². The van der Waals surface area contributed by atoms with Gasteiger partial charge in [0.1, 0.15) is 0 Å². The third-order valence-corrected chi connectivity index (χ3v) is 5.26. The van der Waals surface area contributed by atoms with Crippen molar-refractivity contribution in [1.82, 2.24) is 9.62 Å². The molecule has 0 amide bonds. The third-order valence-electron chi connectivity index (χ3n) is 2.06. The van der Waals surface area contributed by atoms with Crippen LogP contribution in [-0.2, 0) is 0 Å². The average Bonchev–Trinajstić information content (AvgIpc) is 1.98. The van der Waals surface area contributed by atoms with Crippen LogP contribution in [0.25, 0.3) is 0 Å². The van der Waals surface area contributed by atoms with E-state index in [2.05, 4.69) is 51.7 Å². The molecule has 0 bridgehead atoms. The summed E-state index contributed by atoms with van der Waals surface area (Å²) < 4.78 is 0. The first kappa shape index (κ1) is 12.4. The molecule has 12 heavy (non-hydrogen) atoms. The molecule has 0 aliphatic heterocycles. The zero-order valence-corrected chi connectivity index (χ0v) is 10.2. The van der Waals surface area contributed by atoms with Crippen LogP contribution >= 0.6 is 7.80 Å². The molecule has 0 aromatic heterocycles. The molecule has 0 spiro atoms. The largest absolute Gasteiger partial charge is 0.339 e. The summed E-state index contributed by atoms with van der Waals surface area (Å²) >= 11 is 0. The van der Waals surface area contributed by atoms with Crippen LogP contribution in [-0.4, -0.2) is 56.8 Å². The predicted octanol–water partition coefficient (Wildman–Crippen LogP) is 1.62. The average molecular weight is 188 g/mol. The first-order valence-corrected chi connectivity index (χ1v) is 6.39. The highest BCUT2D eigenvalue weighted by molar-refractivity contribution is 7.89. The minimum Gasteiger partial charge on any atom is -0.330 e. The fourth-order valence-electron chi connectivity index (χ4n) is 1.67. The van der Waals surface area contributed by atoms with E-state index >= 15 is 0 Å². The molecule has 0 atom stereocenters. The van der Waals surface area contributed by atoms with Gasteiger partial charge in [-0.25, -0.2) is 0 Å². The van der Waals surface area contributed by atoms with Crippen LogP contribution in [0, 0.1) is 0 Å². The highest BCUT2D eigenvalue weighted by Crippen LogP contribution is 2.38. The molecule has 2 nitrogen and oxygen atoms in total. The molecule has 0 saturated carbocycles. The highest BCUT2D eigenvalue weighted by atomic mass is 31.1. The standard InChI is InChI=1S/C8H22BN2P/c1-7-12(8-2)9(10(3)4)11(5)6/h7-8H2,1-6H3. The maximum absolute atomic E-state index is 2.33. The fourth-order valence-corrected chi connectivity index (χ4v) is 4.07. The lowest BCUT2D eigenvalue weighted by molar-refractivity contribution is 0.539. The van der Waals surface area contributed by atoms with Crippen LogP contribution < -0.4 is 0 Å². The van der Waals surface area contributed by atoms with Crippen molar-refractivity contribution in [3.8, 4) is 0 Å². The van der Waals surface area contributed by atoms with Crippen molar-refractivity contribution in [2.24, 2.45) is 0 Å². The molecular weight excluding hydrogens is 166 g/mol. The number of hydrogen-bond donors (Lipinski definition) is 0. The van der Waals surface area contributed by atoms with Gasteiger partial charge in [0.05, 0.1) is 0 Å². The smallest absolute Gasteiger partial charge is 0.330 e. The lowest BCUT2D eigenvalue weighted by Gasteiger charge is -2.32. The van der Waals surface area contributed by atoms with Crippen LogP contribution in [0.4, 0.5) is 0 Å². The summed E-state index contributed by atoms with van der Waals surface area (Å²) in [5.74, 6) is 0. The Kier molecular flexibility index (Phi) is 6.16. The summed E-state index contributed by atoms with van der Waals surface area (Å²) in [4.78, 5) is 4.66. The van der Waals surface area contributed by atoms with Gasteiger partial charge in [0.25, 0.3) is 0 Å². The Hall–Kier alpha value is 0.415. The van der Waals surface area contributed by atoms with Crippen molar-refractivity contribution in [1.29, 1.82) is 0 Å². The van der Waals surface area contributed by atoms with Crippen molar-refractivity contribution >= 4 is 14.5 Å². The molecule has 0 rings (SSSR count). The van der Waals surface area contributed by atoms with Gasteiger partial charge in [-0.2, -0.15) is 0 Å². The second-order valence-corrected chi connectivity index (χ2v) is 6.40. The summed E-state index contributed by atoms with van der Waals surface area (Å²) in [5, 5.41) is 0. The van der Waals surface area contributed by atoms with Gasteiger partial charge in [-0.05, 0) is 40.5 Å². The minimum absolute atomic E-state index is 0.153. The van der Waals surface area contributed by atoms with E-state index in [-0.39, 0.29) is 7.80 Å². The number of nitrogens with zero attached hydrogens (tertiary/aromatic N) is 2. The second-order valence-electron chi connectivity index (χ2n) is 3.49. The van der Waals surface area contributed by atoms with Crippen LogP contribution in [0.2, 0.25) is 0 Å². The van der Waals surface area contributed by atoms with Crippen LogP contribution in [0.1, 0.15) is 13.8 Å². The van der Waals surface area contributed by atoms with Gasteiger partial charge in [-0.15, -0.1) is 7.80 Å². The Morgan fingerprint density at radius 2 is 1.25 bits per heavy atom. The lowest BCUT2D eigenvalue weighted by Crippen LogP contribution is -2.45. The summed E-state index contributed by atoms with van der Waals surface area (Å²) in [5.41, 5.74) is 0. The normalized spacial score (nSPS) is 11.8. The molecule has 0 saturated heterocycles. The van der Waals surface area contributed by atoms with Crippen LogP contribution in [0.3, 0.4) is 0 Å². The summed E-state index contributed by atoms with van der Waals surface area (Å²) in [6.07, 6.45) is 2.65. The topological polar surface area (TPSA) is 6.48 Å². The van der Waals surface area contributed by atoms with Crippen LogP contribution in [0.5, 0.6) is 0 Å². The molecule has 0 aromatic carbocycles. The molecule has 0 aliphatic carbocycles. The van der Waals surface area contributed by atoms with Gasteiger partial charge in [-0.3, -0.25) is 0 Å². The number of hydrogen-bond acceptors (Lipinski definition) is 2. The van der Waals surface area contributed by atoms with E-state index in [9.17, 15) is 0 Å². The first-order valence-electron chi connectivity index (χ1n) is 4.61. The van der Waals surface area contributed by atoms with E-state index in [0.29, 0.717) is 6.70 Å². The summed E-state index contributed by atoms with van der Waals surface area (Å²) in [6.45, 7) is 5.25. The zero-order valence-electron chi connectivity index (χ0n) is 9.33. The molecule has 0 N–H and O–H groups in total. The maximum Gasteiger partial charge on any atom is 0.339 e. The van der Waals surface area contributed by atoms with Gasteiger partial charge in [0.15, 0.2) is 0 Å². The van der Waals surface area contributed by atoms with Crippen molar-refractivity contribution in [3.63, 3.8) is 0 Å². The highest BCUT2D eigenvalue weighted by Gasteiger charge is 2.27. The maximum atomic E-state index is 2.33. The van der Waals surface area contributed by atoms with Gasteiger partial charge in [0, 0.05) is 0 Å². The molecule has 0 unspecified atom stereocenters. The quantitative estimate of drug-likeness (QED) is 0.477. The Morgan fingerprint density at radius 1 is 0.917 bits per heavy atom. The molecule has 0 aliphatic rings. The van der Waals surface area contributed by atoms with E-state index in [1.165, 1.54) is 12.3 Å². The molecule has 4 heteroatoms. The Labute approximate surface area is 79.1 Å². The molecular formula is C8H22BN2P. The zero-order chi connectivity index (χ0) is 9.72. The Bertz CT molecular complexity index is 108. The monoisotopic (exact) mass is 188 g/mol. The van der Waals surface area contributed by atoms with Crippen molar-refractivity contribution < 1.29 is 0 Å². The minimum atomic E-state index is 0.153. The predicted molar refractivity (Wildman–Crippen MR) is 61.1 cm³/mol. The molecule has 0 aromatic rings. The molecule has 72 valence electrons. The van der Waals surface area contributed by atoms with Gasteiger partial charge < -0.3 is 9.62 Å². The molecule has 0 heterocycles. The van der Waals surface area contributed by atoms with Crippen molar-refractivity contribution in [2.45, 2.75) is 13.8 Å². The Balaban J connectivity index is 4.26. The second kappa shape index (κ2) is 5.96. The Morgan fingerprint density at radius 3 is 1.33 bits per heavy atom. The van der Waals surface area contributed by atoms with E-state index < -0.39 is 0 Å². The molecule has 0 fully saturated rings. The van der Waals surface area contributed by atoms with E-state index in [0.717, 1.165) is 0 Å². The van der Waals surface area contributed by atoms with Crippen molar-refractivity contribution in [2.75, 3.05) is 40.5 Å². The van der Waals surface area contributed by atoms with E-state index in [1.54, 1.807) is 0 Å². The van der Waals surface area contributed by atoms with E-state index in [1.807, 2.05) is 0 Å². The third kappa shape index (κ3) is 3.43. The summed E-state index contributed by atoms with van der Waals surface area (Å²) in [6, 6.07) is 0. The SMILES string of the molecule is CCP(CC)B(N(C)C)N(C)C. The molecule has 0 radical (unpaired) electrons. The number of rotatable bonds is 5. The fraction of sp³-hybridized carbons (Fsp3) is 1.00. The summed E-state index contributed by atoms with van der Waals surface area (Å²) in [7, 11) is 8.84. The van der Waals surface area contributed by atoms with Crippen LogP contribution in [0.15, 0.2) is 0 Å². The van der Waals surface area contributed by atoms with Gasteiger partial charge >= 0.3 is 6.70 Å². The van der Waals surface area contributed by atoms with E-state index in [4.69, 9.17) is 0 Å².